The highest BCUT2D eigenvalue weighted by Gasteiger charge is 2.27. The van der Waals surface area contributed by atoms with Crippen molar-refractivity contribution in [1.82, 2.24) is 5.32 Å². The number of hydrogen-bond acceptors (Lipinski definition) is 6. The van der Waals surface area contributed by atoms with Gasteiger partial charge >= 0.3 is 0 Å². The molecule has 6 nitrogen and oxygen atoms in total. The van der Waals surface area contributed by atoms with Gasteiger partial charge in [0.05, 0.1) is 0 Å². The lowest BCUT2D eigenvalue weighted by Gasteiger charge is -2.24. The van der Waals surface area contributed by atoms with E-state index < -0.39 is 6.17 Å². The van der Waals surface area contributed by atoms with Crippen molar-refractivity contribution < 1.29 is 13.3 Å². The van der Waals surface area contributed by atoms with Gasteiger partial charge in [0.25, 0.3) is 0 Å². The first kappa shape index (κ1) is 31.6. The van der Waals surface area contributed by atoms with Crippen molar-refractivity contribution in [2.24, 2.45) is 9.98 Å². The molecule has 0 amide bonds. The summed E-state index contributed by atoms with van der Waals surface area (Å²) in [7, 11) is 0. The maximum Gasteiger partial charge on any atom is 0.160 e. The average Bonchev–Trinajstić information content (AvgIpc) is 3.98. The van der Waals surface area contributed by atoms with Crippen LogP contribution >= 0.6 is 0 Å². The molecule has 0 spiro atoms. The van der Waals surface area contributed by atoms with Crippen molar-refractivity contribution >= 4 is 77.5 Å². The van der Waals surface area contributed by atoms with Gasteiger partial charge in [-0.05, 0) is 53.1 Å². The summed E-state index contributed by atoms with van der Waals surface area (Å²) in [6.45, 7) is 0. The van der Waals surface area contributed by atoms with E-state index in [4.69, 9.17) is 23.2 Å². The molecule has 12 rings (SSSR count). The first-order chi connectivity index (χ1) is 28.2. The monoisotopic (exact) mass is 733 g/mol. The number of amidine groups is 2. The van der Waals surface area contributed by atoms with Crippen molar-refractivity contribution in [3.05, 3.63) is 193 Å². The smallest absolute Gasteiger partial charge is 0.160 e. The summed E-state index contributed by atoms with van der Waals surface area (Å²) < 4.78 is 19.5. The Hall–Kier alpha value is -7.70. The molecular formula is C51H31N3O3. The predicted octanol–water partition coefficient (Wildman–Crippen LogP) is 13.2. The molecule has 3 aromatic heterocycles. The minimum Gasteiger partial charge on any atom is -0.456 e. The second-order valence-electron chi connectivity index (χ2n) is 14.5. The molecule has 1 atom stereocenters. The SMILES string of the molecule is c1ccc(-c2cccc(C3=NC(c4cccc5oc6c(-c7ccc8oc9ccccc9c8c7)cccc6c45)=NC(c4cccc5c4oc4ccccc45)N3)c2)cc1. The van der Waals surface area contributed by atoms with Crippen LogP contribution in [0.1, 0.15) is 22.9 Å². The number of furan rings is 3. The Morgan fingerprint density at radius 1 is 0.404 bits per heavy atom. The Morgan fingerprint density at radius 2 is 1.04 bits per heavy atom. The Kier molecular flexibility index (Phi) is 6.89. The summed E-state index contributed by atoms with van der Waals surface area (Å²) >= 11 is 0. The van der Waals surface area contributed by atoms with Crippen LogP contribution in [0.25, 0.3) is 88.1 Å². The maximum absolute atomic E-state index is 6.77. The summed E-state index contributed by atoms with van der Waals surface area (Å²) in [4.78, 5) is 10.7. The van der Waals surface area contributed by atoms with E-state index in [1.54, 1.807) is 0 Å². The molecule has 0 saturated heterocycles. The van der Waals surface area contributed by atoms with Crippen LogP contribution in [0.5, 0.6) is 0 Å². The zero-order valence-electron chi connectivity index (χ0n) is 30.4. The minimum atomic E-state index is -0.488. The molecule has 8 aromatic carbocycles. The number of fused-ring (bicyclic) bond motifs is 9. The molecular weight excluding hydrogens is 703 g/mol. The molecule has 11 aromatic rings. The van der Waals surface area contributed by atoms with Crippen LogP contribution in [0.3, 0.4) is 0 Å². The fourth-order valence-electron chi connectivity index (χ4n) is 8.49. The molecule has 268 valence electrons. The van der Waals surface area contributed by atoms with E-state index in [2.05, 4.69) is 121 Å². The first-order valence-electron chi connectivity index (χ1n) is 19.1. The molecule has 0 fully saturated rings. The maximum atomic E-state index is 6.77. The van der Waals surface area contributed by atoms with Crippen LogP contribution in [0.15, 0.2) is 199 Å². The lowest BCUT2D eigenvalue weighted by atomic mass is 9.98. The van der Waals surface area contributed by atoms with Gasteiger partial charge in [-0.1, -0.05) is 140 Å². The van der Waals surface area contributed by atoms with E-state index in [9.17, 15) is 0 Å². The van der Waals surface area contributed by atoms with E-state index in [-0.39, 0.29) is 0 Å². The summed E-state index contributed by atoms with van der Waals surface area (Å²) in [5, 5.41) is 9.96. The van der Waals surface area contributed by atoms with Crippen LogP contribution in [-0.2, 0) is 0 Å². The van der Waals surface area contributed by atoms with E-state index >= 15 is 0 Å². The van der Waals surface area contributed by atoms with Crippen LogP contribution in [0.2, 0.25) is 0 Å². The minimum absolute atomic E-state index is 0.488. The summed E-state index contributed by atoms with van der Waals surface area (Å²) in [5.41, 5.74) is 12.0. The third-order valence-corrected chi connectivity index (χ3v) is 11.2. The Bertz CT molecular complexity index is 3460. The normalized spacial score (nSPS) is 14.5. The lowest BCUT2D eigenvalue weighted by Crippen LogP contribution is -2.33. The van der Waals surface area contributed by atoms with E-state index in [0.29, 0.717) is 5.84 Å². The molecule has 0 bridgehead atoms. The molecule has 1 N–H and O–H groups in total. The number of para-hydroxylation sites is 4. The number of hydrogen-bond donors (Lipinski definition) is 1. The average molecular weight is 734 g/mol. The van der Waals surface area contributed by atoms with Gasteiger partial charge in [0.1, 0.15) is 39.3 Å². The highest BCUT2D eigenvalue weighted by molar-refractivity contribution is 6.23. The Balaban J connectivity index is 1.05. The van der Waals surface area contributed by atoms with Gasteiger partial charge in [0.2, 0.25) is 0 Å². The fraction of sp³-hybridized carbons (Fsp3) is 0.0196. The first-order valence-corrected chi connectivity index (χ1v) is 19.1. The summed E-state index contributed by atoms with van der Waals surface area (Å²) in [6, 6.07) is 60.3. The number of nitrogens with one attached hydrogen (secondary N) is 1. The molecule has 1 aliphatic rings. The number of aliphatic imine (C=N–C) groups is 2. The molecule has 0 aliphatic carbocycles. The van der Waals surface area contributed by atoms with Crippen molar-refractivity contribution in [3.63, 3.8) is 0 Å². The van der Waals surface area contributed by atoms with Crippen molar-refractivity contribution in [2.75, 3.05) is 0 Å². The van der Waals surface area contributed by atoms with Crippen LogP contribution in [0, 0.1) is 0 Å². The second kappa shape index (κ2) is 12.4. The fourth-order valence-corrected chi connectivity index (χ4v) is 8.49. The number of benzene rings is 8. The van der Waals surface area contributed by atoms with E-state index in [1.165, 1.54) is 0 Å². The van der Waals surface area contributed by atoms with Gasteiger partial charge in [-0.3, -0.25) is 0 Å². The summed E-state index contributed by atoms with van der Waals surface area (Å²) in [5.74, 6) is 1.33. The third-order valence-electron chi connectivity index (χ3n) is 11.2. The largest absolute Gasteiger partial charge is 0.456 e. The van der Waals surface area contributed by atoms with Gasteiger partial charge in [-0.15, -0.1) is 0 Å². The zero-order chi connectivity index (χ0) is 37.5. The third kappa shape index (κ3) is 5.04. The molecule has 0 radical (unpaired) electrons. The van der Waals surface area contributed by atoms with E-state index in [0.717, 1.165) is 111 Å². The predicted molar refractivity (Wildman–Crippen MR) is 231 cm³/mol. The van der Waals surface area contributed by atoms with Gasteiger partial charge in [0.15, 0.2) is 12.0 Å². The summed E-state index contributed by atoms with van der Waals surface area (Å²) in [6.07, 6.45) is -0.488. The van der Waals surface area contributed by atoms with Gasteiger partial charge in [-0.2, -0.15) is 0 Å². The second-order valence-corrected chi connectivity index (χ2v) is 14.5. The molecule has 6 heteroatoms. The highest BCUT2D eigenvalue weighted by atomic mass is 16.3. The highest BCUT2D eigenvalue weighted by Crippen LogP contribution is 2.41. The lowest BCUT2D eigenvalue weighted by molar-refractivity contribution is 0.628. The van der Waals surface area contributed by atoms with Crippen LogP contribution in [0.4, 0.5) is 0 Å². The van der Waals surface area contributed by atoms with E-state index in [1.807, 2.05) is 60.7 Å². The van der Waals surface area contributed by atoms with Crippen LogP contribution in [-0.4, -0.2) is 11.7 Å². The van der Waals surface area contributed by atoms with Gasteiger partial charge < -0.3 is 18.6 Å². The molecule has 57 heavy (non-hydrogen) atoms. The van der Waals surface area contributed by atoms with Crippen molar-refractivity contribution in [2.45, 2.75) is 6.17 Å². The van der Waals surface area contributed by atoms with Crippen LogP contribution < -0.4 is 5.32 Å². The molecule has 4 heterocycles. The Labute approximate surface area is 326 Å². The quantitative estimate of drug-likeness (QED) is 0.191. The van der Waals surface area contributed by atoms with Gasteiger partial charge in [-0.25, -0.2) is 9.98 Å². The molecule has 0 saturated carbocycles. The molecule has 1 aliphatic heterocycles. The molecule has 1 unspecified atom stereocenters. The van der Waals surface area contributed by atoms with Crippen molar-refractivity contribution in [3.8, 4) is 22.3 Å². The number of rotatable bonds is 5. The zero-order valence-corrected chi connectivity index (χ0v) is 30.4. The number of nitrogens with zero attached hydrogens (tertiary/aromatic N) is 2. The van der Waals surface area contributed by atoms with Gasteiger partial charge in [0, 0.05) is 54.6 Å². The Morgan fingerprint density at radius 3 is 1.93 bits per heavy atom. The standard InChI is InChI=1S/C51H31N3O3/c1-2-12-30(13-3-1)31-14-8-15-33(28-31)49-52-50(54-51(53-49)40-22-10-19-37-35-16-4-7-24-43(35)56-48(37)40)39-21-11-25-45-46(39)38-20-9-18-34(47(38)57-45)32-26-27-44-41(29-32)36-17-5-6-23-42(36)55-44/h1-29,51H,(H,52,53,54). The topological polar surface area (TPSA) is 76.2 Å². The van der Waals surface area contributed by atoms with Crippen molar-refractivity contribution in [1.29, 1.82) is 0 Å².